The van der Waals surface area contributed by atoms with Crippen LogP contribution in [0.1, 0.15) is 43.1 Å². The molecule has 0 unspecified atom stereocenters. The Morgan fingerprint density at radius 3 is 2.74 bits per heavy atom. The second kappa shape index (κ2) is 9.57. The molecule has 1 fully saturated rings. The van der Waals surface area contributed by atoms with E-state index in [1.807, 2.05) is 0 Å². The Kier molecular flexibility index (Phi) is 8.12. The molecule has 0 aromatic carbocycles. The van der Waals surface area contributed by atoms with Crippen molar-refractivity contribution in [2.45, 2.75) is 32.6 Å². The maximum absolute atomic E-state index is 12.0. The Morgan fingerprint density at radius 2 is 2.09 bits per heavy atom. The molecule has 1 aliphatic rings. The number of amides is 1. The number of nitrogens with one attached hydrogen (secondary N) is 2. The average molecular weight is 344 g/mol. The van der Waals surface area contributed by atoms with Crippen molar-refractivity contribution < 1.29 is 14.3 Å². The van der Waals surface area contributed by atoms with Gasteiger partial charge in [0.1, 0.15) is 5.69 Å². The molecule has 1 amide bonds. The quantitative estimate of drug-likeness (QED) is 0.778. The van der Waals surface area contributed by atoms with Crippen LogP contribution in [-0.4, -0.2) is 36.1 Å². The van der Waals surface area contributed by atoms with Crippen LogP contribution in [0.4, 0.5) is 5.69 Å². The fraction of sp³-hybridized carbons (Fsp3) is 0.625. The van der Waals surface area contributed by atoms with Gasteiger partial charge in [0.25, 0.3) is 0 Å². The number of halogens is 1. The topological polar surface area (TPSA) is 72.4 Å². The van der Waals surface area contributed by atoms with Gasteiger partial charge in [0.05, 0.1) is 12.3 Å². The molecule has 23 heavy (non-hydrogen) atoms. The van der Waals surface area contributed by atoms with Crippen molar-refractivity contribution in [3.63, 3.8) is 0 Å². The summed E-state index contributed by atoms with van der Waals surface area (Å²) < 4.78 is 6.64. The van der Waals surface area contributed by atoms with Gasteiger partial charge in [0.15, 0.2) is 0 Å². The van der Waals surface area contributed by atoms with Crippen molar-refractivity contribution >= 4 is 30.0 Å². The van der Waals surface area contributed by atoms with Crippen LogP contribution in [-0.2, 0) is 16.6 Å². The number of piperidine rings is 1. The normalized spacial score (nSPS) is 14.9. The number of hydrogen-bond donors (Lipinski definition) is 2. The first-order chi connectivity index (χ1) is 10.6. The molecule has 1 aliphatic heterocycles. The van der Waals surface area contributed by atoms with E-state index in [0.717, 1.165) is 32.4 Å². The van der Waals surface area contributed by atoms with E-state index in [9.17, 15) is 9.59 Å². The zero-order valence-corrected chi connectivity index (χ0v) is 14.6. The van der Waals surface area contributed by atoms with Crippen LogP contribution >= 0.6 is 12.4 Å². The van der Waals surface area contributed by atoms with Gasteiger partial charge in [-0.3, -0.25) is 4.79 Å². The minimum absolute atomic E-state index is 0. The minimum Gasteiger partial charge on any atom is -0.461 e. The third-order valence-electron chi connectivity index (χ3n) is 4.01. The van der Waals surface area contributed by atoms with Crippen LogP contribution in [0.5, 0.6) is 0 Å². The molecule has 2 rings (SSSR count). The highest BCUT2D eigenvalue weighted by Crippen LogP contribution is 2.19. The highest BCUT2D eigenvalue weighted by Gasteiger charge is 2.16. The predicted molar refractivity (Wildman–Crippen MR) is 92.1 cm³/mol. The standard InChI is InChI=1S/C16H25N3O3.ClH/c1-3-22-16(21)14-10-13(11-19(14)2)18-15(20)5-4-12-6-8-17-9-7-12;/h10-12,17H,3-9H2,1-2H3,(H,18,20);1H. The number of ether oxygens (including phenoxy) is 1. The SMILES string of the molecule is CCOC(=O)c1cc(NC(=O)CCC2CCNCC2)cn1C.Cl. The summed E-state index contributed by atoms with van der Waals surface area (Å²) in [5.41, 5.74) is 1.08. The van der Waals surface area contributed by atoms with Crippen LogP contribution in [0, 0.1) is 5.92 Å². The maximum atomic E-state index is 12.0. The van der Waals surface area contributed by atoms with Gasteiger partial charge in [-0.1, -0.05) is 0 Å². The number of aromatic nitrogens is 1. The molecule has 2 N–H and O–H groups in total. The van der Waals surface area contributed by atoms with Crippen molar-refractivity contribution in [2.24, 2.45) is 13.0 Å². The van der Waals surface area contributed by atoms with Gasteiger partial charge < -0.3 is 19.9 Å². The number of carbonyl (C=O) groups excluding carboxylic acids is 2. The Bertz CT molecular complexity index is 525. The van der Waals surface area contributed by atoms with E-state index < -0.39 is 0 Å². The van der Waals surface area contributed by atoms with E-state index in [0.29, 0.717) is 30.3 Å². The molecule has 0 aliphatic carbocycles. The molecule has 1 aromatic heterocycles. The number of anilines is 1. The molecular weight excluding hydrogens is 318 g/mol. The first kappa shape index (κ1) is 19.5. The lowest BCUT2D eigenvalue weighted by atomic mass is 9.93. The summed E-state index contributed by atoms with van der Waals surface area (Å²) in [7, 11) is 1.76. The number of esters is 1. The van der Waals surface area contributed by atoms with E-state index in [-0.39, 0.29) is 24.3 Å². The molecular formula is C16H26ClN3O3. The summed E-state index contributed by atoms with van der Waals surface area (Å²) >= 11 is 0. The number of nitrogens with zero attached hydrogens (tertiary/aromatic N) is 1. The van der Waals surface area contributed by atoms with Gasteiger partial charge in [0, 0.05) is 19.7 Å². The van der Waals surface area contributed by atoms with E-state index >= 15 is 0 Å². The largest absolute Gasteiger partial charge is 0.461 e. The average Bonchev–Trinajstić information content (AvgIpc) is 2.87. The molecule has 0 bridgehead atoms. The van der Waals surface area contributed by atoms with Crippen molar-refractivity contribution in [1.82, 2.24) is 9.88 Å². The molecule has 130 valence electrons. The Labute approximate surface area is 143 Å². The summed E-state index contributed by atoms with van der Waals surface area (Å²) in [6, 6.07) is 1.65. The van der Waals surface area contributed by atoms with Crippen molar-refractivity contribution in [3.8, 4) is 0 Å². The van der Waals surface area contributed by atoms with Crippen LogP contribution in [0.2, 0.25) is 0 Å². The van der Waals surface area contributed by atoms with Crippen LogP contribution in [0.3, 0.4) is 0 Å². The molecule has 0 radical (unpaired) electrons. The third-order valence-corrected chi connectivity index (χ3v) is 4.01. The zero-order valence-electron chi connectivity index (χ0n) is 13.8. The molecule has 2 heterocycles. The number of hydrogen-bond acceptors (Lipinski definition) is 4. The summed E-state index contributed by atoms with van der Waals surface area (Å²) in [6.45, 7) is 4.20. The fourth-order valence-electron chi connectivity index (χ4n) is 2.77. The number of rotatable bonds is 6. The van der Waals surface area contributed by atoms with Gasteiger partial charge in [-0.25, -0.2) is 4.79 Å². The first-order valence-corrected chi connectivity index (χ1v) is 7.94. The van der Waals surface area contributed by atoms with Gasteiger partial charge in [-0.2, -0.15) is 0 Å². The monoisotopic (exact) mass is 343 g/mol. The third kappa shape index (κ3) is 5.88. The van der Waals surface area contributed by atoms with Crippen molar-refractivity contribution in [3.05, 3.63) is 18.0 Å². The number of aryl methyl sites for hydroxylation is 1. The Hall–Kier alpha value is -1.53. The summed E-state index contributed by atoms with van der Waals surface area (Å²) in [6.07, 6.45) is 5.46. The Morgan fingerprint density at radius 1 is 1.39 bits per heavy atom. The van der Waals surface area contributed by atoms with Gasteiger partial charge >= 0.3 is 5.97 Å². The van der Waals surface area contributed by atoms with Gasteiger partial charge in [-0.15, -0.1) is 12.4 Å². The maximum Gasteiger partial charge on any atom is 0.355 e. The smallest absolute Gasteiger partial charge is 0.355 e. The lowest BCUT2D eigenvalue weighted by Crippen LogP contribution is -2.28. The molecule has 6 nitrogen and oxygen atoms in total. The molecule has 7 heteroatoms. The van der Waals surface area contributed by atoms with Crippen LogP contribution in [0.15, 0.2) is 12.3 Å². The lowest BCUT2D eigenvalue weighted by molar-refractivity contribution is -0.116. The minimum atomic E-state index is -0.375. The molecule has 0 spiro atoms. The zero-order chi connectivity index (χ0) is 15.9. The van der Waals surface area contributed by atoms with Crippen LogP contribution < -0.4 is 10.6 Å². The van der Waals surface area contributed by atoms with Crippen molar-refractivity contribution in [2.75, 3.05) is 25.0 Å². The fourth-order valence-corrected chi connectivity index (χ4v) is 2.77. The first-order valence-electron chi connectivity index (χ1n) is 7.94. The summed E-state index contributed by atoms with van der Waals surface area (Å²) in [5, 5.41) is 6.18. The van der Waals surface area contributed by atoms with Crippen LogP contribution in [0.25, 0.3) is 0 Å². The predicted octanol–water partition coefficient (Wildman–Crippen LogP) is 2.34. The van der Waals surface area contributed by atoms with Gasteiger partial charge in [-0.05, 0) is 51.3 Å². The molecule has 1 saturated heterocycles. The summed E-state index contributed by atoms with van der Waals surface area (Å²) in [5.74, 6) is 0.262. The second-order valence-electron chi connectivity index (χ2n) is 5.73. The molecule has 1 aromatic rings. The lowest BCUT2D eigenvalue weighted by Gasteiger charge is -2.22. The Balaban J connectivity index is 0.00000264. The second-order valence-corrected chi connectivity index (χ2v) is 5.73. The van der Waals surface area contributed by atoms with E-state index in [4.69, 9.17) is 4.74 Å². The molecule has 0 saturated carbocycles. The van der Waals surface area contributed by atoms with E-state index in [2.05, 4.69) is 10.6 Å². The van der Waals surface area contributed by atoms with E-state index in [1.165, 1.54) is 0 Å². The summed E-state index contributed by atoms with van der Waals surface area (Å²) in [4.78, 5) is 23.8. The van der Waals surface area contributed by atoms with Crippen molar-refractivity contribution in [1.29, 1.82) is 0 Å². The number of carbonyl (C=O) groups is 2. The van der Waals surface area contributed by atoms with Gasteiger partial charge in [0.2, 0.25) is 5.91 Å². The van der Waals surface area contributed by atoms with E-state index in [1.54, 1.807) is 30.8 Å². The highest BCUT2D eigenvalue weighted by atomic mass is 35.5. The molecule has 0 atom stereocenters. The highest BCUT2D eigenvalue weighted by molar-refractivity contribution is 5.94.